The summed E-state index contributed by atoms with van der Waals surface area (Å²) in [5, 5.41) is 14.1. The lowest BCUT2D eigenvalue weighted by Crippen LogP contribution is -2.39. The van der Waals surface area contributed by atoms with Crippen molar-refractivity contribution in [1.82, 2.24) is 5.01 Å². The predicted octanol–water partition coefficient (Wildman–Crippen LogP) is 2.27. The van der Waals surface area contributed by atoms with Gasteiger partial charge in [-0.15, -0.1) is 0 Å². The highest BCUT2D eigenvalue weighted by molar-refractivity contribution is 6.30. The zero-order valence-electron chi connectivity index (χ0n) is 9.36. The minimum absolute atomic E-state index is 0.0490. The standard InChI is InChI=1S/C11H8ClF3N2O2/c12-8-3-1-7(2-4-8)10(19)5-9(11(13,14)15)16-17(10)6-18/h1-4,6,19H,5H2/t10-/m0/s1. The maximum absolute atomic E-state index is 12.6. The fourth-order valence-electron chi connectivity index (χ4n) is 1.78. The number of hydrogen-bond acceptors (Lipinski definition) is 3. The van der Waals surface area contributed by atoms with Crippen molar-refractivity contribution in [3.8, 4) is 0 Å². The molecule has 102 valence electrons. The van der Waals surface area contributed by atoms with Gasteiger partial charge in [-0.2, -0.15) is 23.3 Å². The molecule has 0 bridgehead atoms. The quantitative estimate of drug-likeness (QED) is 0.850. The van der Waals surface area contributed by atoms with Gasteiger partial charge >= 0.3 is 6.18 Å². The molecule has 1 aromatic carbocycles. The lowest BCUT2D eigenvalue weighted by atomic mass is 9.97. The first-order valence-corrected chi connectivity index (χ1v) is 5.53. The van der Waals surface area contributed by atoms with E-state index in [4.69, 9.17) is 11.6 Å². The first-order valence-electron chi connectivity index (χ1n) is 5.15. The molecule has 1 N–H and O–H groups in total. The Kier molecular flexibility index (Phi) is 3.27. The monoisotopic (exact) mass is 292 g/mol. The molecule has 1 aliphatic heterocycles. The summed E-state index contributed by atoms with van der Waals surface area (Å²) in [6.07, 6.45) is -5.47. The number of rotatable bonds is 2. The van der Waals surface area contributed by atoms with Crippen LogP contribution in [-0.2, 0) is 10.5 Å². The van der Waals surface area contributed by atoms with Gasteiger partial charge in [-0.1, -0.05) is 23.7 Å². The van der Waals surface area contributed by atoms with Gasteiger partial charge in [0.1, 0.15) is 5.71 Å². The average Bonchev–Trinajstić information content (AvgIpc) is 2.68. The average molecular weight is 293 g/mol. The normalized spacial score (nSPS) is 23.4. The first-order chi connectivity index (χ1) is 8.77. The second-order valence-corrected chi connectivity index (χ2v) is 4.43. The number of alkyl halides is 3. The summed E-state index contributed by atoms with van der Waals surface area (Å²) in [5.41, 5.74) is -3.25. The van der Waals surface area contributed by atoms with E-state index in [1.165, 1.54) is 24.3 Å². The Labute approximate surface area is 111 Å². The van der Waals surface area contributed by atoms with E-state index < -0.39 is 24.0 Å². The lowest BCUT2D eigenvalue weighted by Gasteiger charge is -2.28. The summed E-state index contributed by atoms with van der Waals surface area (Å²) in [6, 6.07) is 5.49. The topological polar surface area (TPSA) is 52.9 Å². The molecular formula is C11H8ClF3N2O2. The van der Waals surface area contributed by atoms with Crippen molar-refractivity contribution < 1.29 is 23.1 Å². The van der Waals surface area contributed by atoms with E-state index in [1.54, 1.807) is 0 Å². The third kappa shape index (κ3) is 2.43. The molecular weight excluding hydrogens is 285 g/mol. The van der Waals surface area contributed by atoms with Gasteiger partial charge in [0.2, 0.25) is 6.41 Å². The highest BCUT2D eigenvalue weighted by atomic mass is 35.5. The molecule has 19 heavy (non-hydrogen) atoms. The summed E-state index contributed by atoms with van der Waals surface area (Å²) in [6.45, 7) is 0. The molecule has 1 aromatic rings. The third-order valence-corrected chi connectivity index (χ3v) is 3.01. The molecule has 8 heteroatoms. The first kappa shape index (κ1) is 13.8. The van der Waals surface area contributed by atoms with Gasteiger partial charge < -0.3 is 5.11 Å². The van der Waals surface area contributed by atoms with Crippen LogP contribution in [0.2, 0.25) is 5.02 Å². The molecule has 0 radical (unpaired) electrons. The van der Waals surface area contributed by atoms with Crippen molar-refractivity contribution in [2.24, 2.45) is 5.10 Å². The Hall–Kier alpha value is -1.60. The molecule has 0 unspecified atom stereocenters. The smallest absolute Gasteiger partial charge is 0.365 e. The Morgan fingerprint density at radius 1 is 1.37 bits per heavy atom. The SMILES string of the molecule is O=CN1N=C(C(F)(F)F)C[C@]1(O)c1ccc(Cl)cc1. The molecule has 2 rings (SSSR count). The molecule has 1 amide bonds. The number of carbonyl (C=O) groups is 1. The Bertz CT molecular complexity index is 530. The summed E-state index contributed by atoms with van der Waals surface area (Å²) < 4.78 is 37.8. The molecule has 4 nitrogen and oxygen atoms in total. The maximum atomic E-state index is 12.6. The number of halogens is 4. The van der Waals surface area contributed by atoms with E-state index in [0.717, 1.165) is 0 Å². The van der Waals surface area contributed by atoms with E-state index in [2.05, 4.69) is 5.10 Å². The number of hydrazone groups is 1. The van der Waals surface area contributed by atoms with Gasteiger partial charge in [0, 0.05) is 10.6 Å². The van der Waals surface area contributed by atoms with Crippen LogP contribution < -0.4 is 0 Å². The predicted molar refractivity (Wildman–Crippen MR) is 61.4 cm³/mol. The van der Waals surface area contributed by atoms with Crippen LogP contribution in [0, 0.1) is 0 Å². The van der Waals surface area contributed by atoms with Crippen LogP contribution in [0.15, 0.2) is 29.4 Å². The van der Waals surface area contributed by atoms with Gasteiger partial charge in [-0.05, 0) is 12.1 Å². The van der Waals surface area contributed by atoms with Gasteiger partial charge in [0.15, 0.2) is 5.72 Å². The molecule has 1 aliphatic rings. The maximum Gasteiger partial charge on any atom is 0.431 e. The number of hydrogen-bond donors (Lipinski definition) is 1. The zero-order chi connectivity index (χ0) is 14.3. The van der Waals surface area contributed by atoms with Crippen molar-refractivity contribution in [1.29, 1.82) is 0 Å². The number of amides is 1. The van der Waals surface area contributed by atoms with Gasteiger partial charge in [-0.25, -0.2) is 0 Å². The minimum Gasteiger partial charge on any atom is -0.365 e. The number of nitrogens with zero attached hydrogens (tertiary/aromatic N) is 2. The zero-order valence-corrected chi connectivity index (χ0v) is 10.1. The molecule has 0 saturated carbocycles. The molecule has 0 aromatic heterocycles. The summed E-state index contributed by atoms with van der Waals surface area (Å²) in [5.74, 6) is 0. The van der Waals surface area contributed by atoms with Crippen LogP contribution in [0.3, 0.4) is 0 Å². The van der Waals surface area contributed by atoms with Crippen LogP contribution in [0.5, 0.6) is 0 Å². The second kappa shape index (κ2) is 4.50. The number of aliphatic hydroxyl groups is 1. The molecule has 0 spiro atoms. The molecule has 0 fully saturated rings. The van der Waals surface area contributed by atoms with Gasteiger partial charge in [0.05, 0.1) is 6.42 Å². The fraction of sp³-hybridized carbons (Fsp3) is 0.273. The van der Waals surface area contributed by atoms with E-state index in [9.17, 15) is 23.1 Å². The largest absolute Gasteiger partial charge is 0.431 e. The van der Waals surface area contributed by atoms with Crippen LogP contribution in [0.4, 0.5) is 13.2 Å². The van der Waals surface area contributed by atoms with Crippen LogP contribution in [0.1, 0.15) is 12.0 Å². The summed E-state index contributed by atoms with van der Waals surface area (Å²) in [4.78, 5) is 10.8. The molecule has 0 saturated heterocycles. The summed E-state index contributed by atoms with van der Waals surface area (Å²) in [7, 11) is 0. The van der Waals surface area contributed by atoms with Gasteiger partial charge in [-0.3, -0.25) is 4.79 Å². The van der Waals surface area contributed by atoms with E-state index >= 15 is 0 Å². The van der Waals surface area contributed by atoms with Crippen molar-refractivity contribution >= 4 is 23.7 Å². The summed E-state index contributed by atoms with van der Waals surface area (Å²) >= 11 is 5.66. The highest BCUT2D eigenvalue weighted by Crippen LogP contribution is 2.38. The van der Waals surface area contributed by atoms with E-state index in [-0.39, 0.29) is 12.0 Å². The van der Waals surface area contributed by atoms with E-state index in [0.29, 0.717) is 10.0 Å². The minimum atomic E-state index is -4.70. The highest BCUT2D eigenvalue weighted by Gasteiger charge is 2.51. The van der Waals surface area contributed by atoms with Crippen LogP contribution in [0.25, 0.3) is 0 Å². The molecule has 1 heterocycles. The number of carbonyl (C=O) groups excluding carboxylic acids is 1. The molecule has 0 aliphatic carbocycles. The number of benzene rings is 1. The van der Waals surface area contributed by atoms with Gasteiger partial charge in [0.25, 0.3) is 0 Å². The van der Waals surface area contributed by atoms with Crippen molar-refractivity contribution in [3.63, 3.8) is 0 Å². The van der Waals surface area contributed by atoms with E-state index in [1.807, 2.05) is 0 Å². The van der Waals surface area contributed by atoms with Crippen molar-refractivity contribution in [2.45, 2.75) is 18.3 Å². The third-order valence-electron chi connectivity index (χ3n) is 2.76. The van der Waals surface area contributed by atoms with Crippen LogP contribution in [-0.4, -0.2) is 28.4 Å². The lowest BCUT2D eigenvalue weighted by molar-refractivity contribution is -0.144. The van der Waals surface area contributed by atoms with Crippen LogP contribution >= 0.6 is 11.6 Å². The van der Waals surface area contributed by atoms with Crippen molar-refractivity contribution in [3.05, 3.63) is 34.9 Å². The Balaban J connectivity index is 2.40. The van der Waals surface area contributed by atoms with Crippen molar-refractivity contribution in [2.75, 3.05) is 0 Å². The molecule has 1 atom stereocenters. The fourth-order valence-corrected chi connectivity index (χ4v) is 1.91. The second-order valence-electron chi connectivity index (χ2n) is 3.99. The Morgan fingerprint density at radius 2 is 1.95 bits per heavy atom. The Morgan fingerprint density at radius 3 is 2.42 bits per heavy atom.